The lowest BCUT2D eigenvalue weighted by Gasteiger charge is -2.26. The summed E-state index contributed by atoms with van der Waals surface area (Å²) in [5.41, 5.74) is 1.28. The van der Waals surface area contributed by atoms with Gasteiger partial charge in [-0.1, -0.05) is 84.6 Å². The minimum absolute atomic E-state index is 0.618. The molecule has 0 bridgehead atoms. The summed E-state index contributed by atoms with van der Waals surface area (Å²) in [5, 5.41) is 3.80. The van der Waals surface area contributed by atoms with Gasteiger partial charge >= 0.3 is 0 Å². The van der Waals surface area contributed by atoms with Crippen LogP contribution < -0.4 is 5.32 Å². The van der Waals surface area contributed by atoms with Gasteiger partial charge in [-0.2, -0.15) is 0 Å². The van der Waals surface area contributed by atoms with Crippen LogP contribution in [0, 0.1) is 0 Å². The lowest BCUT2D eigenvalue weighted by Crippen LogP contribution is -2.39. The fourth-order valence-electron chi connectivity index (χ4n) is 3.96. The third-order valence-electron chi connectivity index (χ3n) is 5.57. The Bertz CT molecular complexity index is 307. The molecule has 0 aromatic rings. The largest absolute Gasteiger partial charge is 0.385 e. The Morgan fingerprint density at radius 3 is 2.04 bits per heavy atom. The fourth-order valence-corrected chi connectivity index (χ4v) is 3.96. The van der Waals surface area contributed by atoms with E-state index in [2.05, 4.69) is 30.6 Å². The molecule has 0 amide bonds. The highest BCUT2D eigenvalue weighted by Crippen LogP contribution is 2.15. The quantitative estimate of drug-likeness (QED) is 0.295. The van der Waals surface area contributed by atoms with E-state index in [9.17, 15) is 0 Å². The van der Waals surface area contributed by atoms with E-state index in [0.29, 0.717) is 6.04 Å². The van der Waals surface area contributed by atoms with Crippen molar-refractivity contribution in [2.24, 2.45) is 0 Å². The van der Waals surface area contributed by atoms with Crippen molar-refractivity contribution in [1.29, 1.82) is 0 Å². The van der Waals surface area contributed by atoms with Gasteiger partial charge in [-0.05, 0) is 45.2 Å². The van der Waals surface area contributed by atoms with Crippen LogP contribution in [0.1, 0.15) is 110 Å². The predicted molar refractivity (Wildman–Crippen MR) is 113 cm³/mol. The van der Waals surface area contributed by atoms with E-state index in [4.69, 9.17) is 0 Å². The predicted octanol–water partition coefficient (Wildman–Crippen LogP) is 6.67. The van der Waals surface area contributed by atoms with Crippen molar-refractivity contribution in [3.63, 3.8) is 0 Å². The first-order valence-electron chi connectivity index (χ1n) is 11.4. The van der Waals surface area contributed by atoms with E-state index in [1.54, 1.807) is 0 Å². The lowest BCUT2D eigenvalue weighted by molar-refractivity contribution is 0.285. The van der Waals surface area contributed by atoms with E-state index in [0.717, 1.165) is 6.42 Å². The topological polar surface area (TPSA) is 15.3 Å². The van der Waals surface area contributed by atoms with Gasteiger partial charge in [-0.15, -0.1) is 0 Å². The molecule has 1 saturated heterocycles. The van der Waals surface area contributed by atoms with Crippen LogP contribution in [0.25, 0.3) is 0 Å². The number of rotatable bonds is 17. The molecule has 25 heavy (non-hydrogen) atoms. The molecule has 1 unspecified atom stereocenters. The number of hydrogen-bond acceptors (Lipinski definition) is 2. The van der Waals surface area contributed by atoms with Crippen LogP contribution in [-0.4, -0.2) is 30.6 Å². The van der Waals surface area contributed by atoms with Crippen LogP contribution in [0.2, 0.25) is 0 Å². The zero-order valence-electron chi connectivity index (χ0n) is 17.5. The first kappa shape index (κ1) is 22.5. The number of unbranched alkanes of at least 4 members (excludes halogenated alkanes) is 9. The van der Waals surface area contributed by atoms with Crippen LogP contribution in [-0.2, 0) is 0 Å². The second-order valence-electron chi connectivity index (χ2n) is 8.17. The van der Waals surface area contributed by atoms with E-state index in [1.807, 2.05) is 0 Å². The molecule has 0 aromatic carbocycles. The van der Waals surface area contributed by atoms with Gasteiger partial charge < -0.3 is 10.2 Å². The van der Waals surface area contributed by atoms with Crippen molar-refractivity contribution in [2.75, 3.05) is 19.6 Å². The third kappa shape index (κ3) is 12.5. The Kier molecular flexibility index (Phi) is 14.2. The molecule has 2 nitrogen and oxygen atoms in total. The van der Waals surface area contributed by atoms with Crippen molar-refractivity contribution in [3.8, 4) is 0 Å². The van der Waals surface area contributed by atoms with Crippen LogP contribution in [0.3, 0.4) is 0 Å². The fraction of sp³-hybridized carbons (Fsp3) is 0.913. The van der Waals surface area contributed by atoms with Crippen LogP contribution in [0.4, 0.5) is 0 Å². The second kappa shape index (κ2) is 15.7. The number of nitrogens with one attached hydrogen (secondary N) is 1. The average Bonchev–Trinajstić information content (AvgIpc) is 3.10. The van der Waals surface area contributed by atoms with Crippen molar-refractivity contribution < 1.29 is 0 Å². The number of nitrogens with zero attached hydrogens (tertiary/aromatic N) is 1. The number of likely N-dealkylation sites (tertiary alicyclic amines) is 1. The molecule has 2 heteroatoms. The van der Waals surface area contributed by atoms with Gasteiger partial charge in [-0.25, -0.2) is 0 Å². The minimum atomic E-state index is 0.618. The highest BCUT2D eigenvalue weighted by molar-refractivity contribution is 4.94. The van der Waals surface area contributed by atoms with Crippen molar-refractivity contribution in [2.45, 2.75) is 116 Å². The molecule has 1 aliphatic heterocycles. The van der Waals surface area contributed by atoms with Crippen molar-refractivity contribution in [3.05, 3.63) is 12.3 Å². The highest BCUT2D eigenvalue weighted by atomic mass is 15.2. The number of allylic oxidation sites excluding steroid dienone is 1. The van der Waals surface area contributed by atoms with Crippen molar-refractivity contribution in [1.82, 2.24) is 10.2 Å². The van der Waals surface area contributed by atoms with Gasteiger partial charge in [0.25, 0.3) is 0 Å². The van der Waals surface area contributed by atoms with Gasteiger partial charge in [0.1, 0.15) is 0 Å². The molecule has 1 fully saturated rings. The van der Waals surface area contributed by atoms with Gasteiger partial charge in [0.15, 0.2) is 0 Å². The van der Waals surface area contributed by atoms with E-state index < -0.39 is 0 Å². The third-order valence-corrected chi connectivity index (χ3v) is 5.57. The minimum Gasteiger partial charge on any atom is -0.385 e. The SMILES string of the molecule is C=C(CCCCCCC)NC(CCCCCCCC)CN1CCCC1. The molecule has 0 radical (unpaired) electrons. The van der Waals surface area contributed by atoms with Gasteiger partial charge in [0.05, 0.1) is 0 Å². The average molecular weight is 351 g/mol. The molecule has 1 N–H and O–H groups in total. The number of hydrogen-bond donors (Lipinski definition) is 1. The highest BCUT2D eigenvalue weighted by Gasteiger charge is 2.17. The Morgan fingerprint density at radius 1 is 0.840 bits per heavy atom. The summed E-state index contributed by atoms with van der Waals surface area (Å²) in [7, 11) is 0. The van der Waals surface area contributed by atoms with Gasteiger partial charge in [0, 0.05) is 18.3 Å². The summed E-state index contributed by atoms with van der Waals surface area (Å²) in [4.78, 5) is 2.66. The van der Waals surface area contributed by atoms with Gasteiger partial charge in [-0.3, -0.25) is 0 Å². The summed E-state index contributed by atoms with van der Waals surface area (Å²) < 4.78 is 0. The first-order valence-corrected chi connectivity index (χ1v) is 11.4. The molecule has 1 heterocycles. The Hall–Kier alpha value is -0.500. The van der Waals surface area contributed by atoms with E-state index >= 15 is 0 Å². The maximum absolute atomic E-state index is 4.33. The monoisotopic (exact) mass is 350 g/mol. The zero-order valence-corrected chi connectivity index (χ0v) is 17.5. The molecule has 0 aliphatic carbocycles. The Balaban J connectivity index is 2.22. The molecule has 0 saturated carbocycles. The normalized spacial score (nSPS) is 16.2. The lowest BCUT2D eigenvalue weighted by atomic mass is 10.0. The molecule has 1 aliphatic rings. The molecule has 1 rings (SSSR count). The maximum atomic E-state index is 4.33. The smallest absolute Gasteiger partial charge is 0.0385 e. The molecule has 0 aromatic heterocycles. The summed E-state index contributed by atoms with van der Waals surface area (Å²) in [6.07, 6.45) is 20.4. The molecule has 1 atom stereocenters. The molecule has 148 valence electrons. The summed E-state index contributed by atoms with van der Waals surface area (Å²) in [6.45, 7) is 12.7. The molecular formula is C23H46N2. The Labute approximate surface area is 158 Å². The van der Waals surface area contributed by atoms with E-state index in [-0.39, 0.29) is 0 Å². The summed E-state index contributed by atoms with van der Waals surface area (Å²) in [5.74, 6) is 0. The second-order valence-corrected chi connectivity index (χ2v) is 8.17. The van der Waals surface area contributed by atoms with Crippen LogP contribution in [0.5, 0.6) is 0 Å². The van der Waals surface area contributed by atoms with E-state index in [1.165, 1.54) is 115 Å². The maximum Gasteiger partial charge on any atom is 0.0385 e. The first-order chi connectivity index (χ1) is 12.3. The molecular weight excluding hydrogens is 304 g/mol. The van der Waals surface area contributed by atoms with Gasteiger partial charge in [0.2, 0.25) is 0 Å². The summed E-state index contributed by atoms with van der Waals surface area (Å²) in [6, 6.07) is 0.618. The zero-order chi connectivity index (χ0) is 18.2. The Morgan fingerprint density at radius 2 is 1.40 bits per heavy atom. The standard InChI is InChI=1S/C23H46N2/c1-4-6-8-10-12-14-18-23(21-25-19-15-16-20-25)24-22(3)17-13-11-9-7-5-2/h23-24H,3-21H2,1-2H3. The van der Waals surface area contributed by atoms with Crippen LogP contribution in [0.15, 0.2) is 12.3 Å². The van der Waals surface area contributed by atoms with Crippen LogP contribution >= 0.6 is 0 Å². The summed E-state index contributed by atoms with van der Waals surface area (Å²) >= 11 is 0. The molecule has 0 spiro atoms. The van der Waals surface area contributed by atoms with Crippen molar-refractivity contribution >= 4 is 0 Å².